The molecule has 0 spiro atoms. The molecule has 162 valence electrons. The zero-order valence-electron chi connectivity index (χ0n) is 18.1. The standard InChI is InChI=1S/C23H30N2O4S/c1-5-22(29-20-9-8-18(3)19(4)16-20)23(26)24-12-14-25(15-13-24)30(27,28)21-10-6-17(2)7-11-21/h6-11,16,22H,5,12-15H2,1-4H3/t22-/m0/s1. The van der Waals surface area contributed by atoms with E-state index in [0.717, 1.165) is 11.1 Å². The highest BCUT2D eigenvalue weighted by atomic mass is 32.2. The molecular formula is C23H30N2O4S. The van der Waals surface area contributed by atoms with Gasteiger partial charge in [-0.15, -0.1) is 0 Å². The van der Waals surface area contributed by atoms with Crippen LogP contribution in [0.15, 0.2) is 47.4 Å². The van der Waals surface area contributed by atoms with Crippen molar-refractivity contribution in [3.63, 3.8) is 0 Å². The monoisotopic (exact) mass is 430 g/mol. The molecule has 1 amide bonds. The van der Waals surface area contributed by atoms with Gasteiger partial charge < -0.3 is 9.64 Å². The fraction of sp³-hybridized carbons (Fsp3) is 0.435. The van der Waals surface area contributed by atoms with Crippen LogP contribution in [0, 0.1) is 20.8 Å². The summed E-state index contributed by atoms with van der Waals surface area (Å²) >= 11 is 0. The van der Waals surface area contributed by atoms with Gasteiger partial charge in [-0.05, 0) is 62.6 Å². The molecule has 6 nitrogen and oxygen atoms in total. The highest BCUT2D eigenvalue weighted by molar-refractivity contribution is 7.89. The minimum Gasteiger partial charge on any atom is -0.481 e. The van der Waals surface area contributed by atoms with E-state index in [1.165, 1.54) is 9.87 Å². The normalized spacial score (nSPS) is 16.3. The number of benzene rings is 2. The van der Waals surface area contributed by atoms with Gasteiger partial charge in [0.05, 0.1) is 4.90 Å². The van der Waals surface area contributed by atoms with Gasteiger partial charge in [0.15, 0.2) is 6.10 Å². The number of carbonyl (C=O) groups excluding carboxylic acids is 1. The Kier molecular flexibility index (Phi) is 6.83. The number of hydrogen-bond acceptors (Lipinski definition) is 4. The van der Waals surface area contributed by atoms with Crippen molar-refractivity contribution in [2.45, 2.75) is 45.1 Å². The molecule has 0 bridgehead atoms. The van der Waals surface area contributed by atoms with Crippen LogP contribution >= 0.6 is 0 Å². The van der Waals surface area contributed by atoms with E-state index in [9.17, 15) is 13.2 Å². The molecule has 0 aliphatic carbocycles. The molecule has 1 heterocycles. The Morgan fingerprint density at radius 1 is 0.967 bits per heavy atom. The minimum atomic E-state index is -3.55. The number of ether oxygens (including phenoxy) is 1. The summed E-state index contributed by atoms with van der Waals surface area (Å²) in [7, 11) is -3.55. The number of nitrogens with zero attached hydrogens (tertiary/aromatic N) is 2. The van der Waals surface area contributed by atoms with Crippen molar-refractivity contribution in [2.24, 2.45) is 0 Å². The van der Waals surface area contributed by atoms with Crippen LogP contribution in [0.2, 0.25) is 0 Å². The first-order valence-corrected chi connectivity index (χ1v) is 11.8. The number of piperazine rings is 1. The SMILES string of the molecule is CC[C@H](Oc1ccc(C)c(C)c1)C(=O)N1CCN(S(=O)(=O)c2ccc(C)cc2)CC1. The van der Waals surface area contributed by atoms with Gasteiger partial charge in [0.2, 0.25) is 10.0 Å². The summed E-state index contributed by atoms with van der Waals surface area (Å²) in [6.45, 7) is 9.16. The molecular weight excluding hydrogens is 400 g/mol. The molecule has 1 atom stereocenters. The molecule has 0 saturated carbocycles. The molecule has 3 rings (SSSR count). The zero-order chi connectivity index (χ0) is 21.9. The Hall–Kier alpha value is -2.38. The molecule has 0 N–H and O–H groups in total. The fourth-order valence-electron chi connectivity index (χ4n) is 3.47. The first-order chi connectivity index (χ1) is 14.2. The van der Waals surface area contributed by atoms with Gasteiger partial charge in [-0.25, -0.2) is 8.42 Å². The summed E-state index contributed by atoms with van der Waals surface area (Å²) in [6.07, 6.45) is -0.0273. The molecule has 0 radical (unpaired) electrons. The van der Waals surface area contributed by atoms with Gasteiger partial charge in [0.1, 0.15) is 5.75 Å². The predicted molar refractivity (Wildman–Crippen MR) is 117 cm³/mol. The summed E-state index contributed by atoms with van der Waals surface area (Å²) in [5, 5.41) is 0. The smallest absolute Gasteiger partial charge is 0.263 e. The average molecular weight is 431 g/mol. The van der Waals surface area contributed by atoms with E-state index in [2.05, 4.69) is 0 Å². The van der Waals surface area contributed by atoms with E-state index in [1.54, 1.807) is 29.2 Å². The summed E-state index contributed by atoms with van der Waals surface area (Å²) in [4.78, 5) is 15.0. The number of rotatable bonds is 6. The molecule has 1 aliphatic heterocycles. The van der Waals surface area contributed by atoms with Gasteiger partial charge in [0, 0.05) is 26.2 Å². The van der Waals surface area contributed by atoms with E-state index in [1.807, 2.05) is 45.9 Å². The maximum Gasteiger partial charge on any atom is 0.263 e. The second kappa shape index (κ2) is 9.18. The summed E-state index contributed by atoms with van der Waals surface area (Å²) in [6, 6.07) is 12.7. The van der Waals surface area contributed by atoms with Crippen molar-refractivity contribution in [3.8, 4) is 5.75 Å². The number of amides is 1. The van der Waals surface area contributed by atoms with Gasteiger partial charge in [0.25, 0.3) is 5.91 Å². The average Bonchev–Trinajstić information content (AvgIpc) is 2.74. The molecule has 0 unspecified atom stereocenters. The van der Waals surface area contributed by atoms with Crippen molar-refractivity contribution < 1.29 is 17.9 Å². The quantitative estimate of drug-likeness (QED) is 0.705. The Labute approximate surface area is 179 Å². The molecule has 1 fully saturated rings. The maximum absolute atomic E-state index is 13.0. The number of sulfonamides is 1. The molecule has 2 aromatic rings. The molecule has 7 heteroatoms. The lowest BCUT2D eigenvalue weighted by Crippen LogP contribution is -2.53. The summed E-state index contributed by atoms with van der Waals surface area (Å²) in [5.74, 6) is 0.585. The highest BCUT2D eigenvalue weighted by Gasteiger charge is 2.32. The van der Waals surface area contributed by atoms with Crippen LogP contribution < -0.4 is 4.74 Å². The molecule has 1 aliphatic rings. The van der Waals surface area contributed by atoms with Crippen molar-refractivity contribution in [1.29, 1.82) is 0 Å². The lowest BCUT2D eigenvalue weighted by Gasteiger charge is -2.35. The molecule has 1 saturated heterocycles. The third-order valence-corrected chi connectivity index (χ3v) is 7.52. The molecule has 30 heavy (non-hydrogen) atoms. The summed E-state index contributed by atoms with van der Waals surface area (Å²) < 4.78 is 33.1. The molecule has 2 aromatic carbocycles. The number of hydrogen-bond donors (Lipinski definition) is 0. The van der Waals surface area contributed by atoms with Crippen molar-refractivity contribution in [1.82, 2.24) is 9.21 Å². The Morgan fingerprint density at radius 2 is 1.60 bits per heavy atom. The highest BCUT2D eigenvalue weighted by Crippen LogP contribution is 2.21. The zero-order valence-corrected chi connectivity index (χ0v) is 18.9. The lowest BCUT2D eigenvalue weighted by molar-refractivity contribution is -0.140. The Morgan fingerprint density at radius 3 is 2.17 bits per heavy atom. The third-order valence-electron chi connectivity index (χ3n) is 5.61. The second-order valence-corrected chi connectivity index (χ2v) is 9.74. The van der Waals surface area contributed by atoms with Gasteiger partial charge >= 0.3 is 0 Å². The van der Waals surface area contributed by atoms with Crippen molar-refractivity contribution in [3.05, 3.63) is 59.2 Å². The van der Waals surface area contributed by atoms with Crippen LogP contribution in [-0.4, -0.2) is 55.8 Å². The largest absolute Gasteiger partial charge is 0.481 e. The third kappa shape index (κ3) is 4.84. The van der Waals surface area contributed by atoms with Gasteiger partial charge in [-0.3, -0.25) is 4.79 Å². The number of carbonyl (C=O) groups is 1. The van der Waals surface area contributed by atoms with Gasteiger partial charge in [-0.1, -0.05) is 30.7 Å². The summed E-state index contributed by atoms with van der Waals surface area (Å²) in [5.41, 5.74) is 3.30. The van der Waals surface area contributed by atoms with Crippen LogP contribution in [0.4, 0.5) is 0 Å². The Balaban J connectivity index is 1.63. The van der Waals surface area contributed by atoms with Crippen LogP contribution in [0.1, 0.15) is 30.0 Å². The minimum absolute atomic E-state index is 0.0943. The van der Waals surface area contributed by atoms with Crippen molar-refractivity contribution in [2.75, 3.05) is 26.2 Å². The number of aryl methyl sites for hydroxylation is 3. The maximum atomic E-state index is 13.0. The van der Waals surface area contributed by atoms with E-state index < -0.39 is 16.1 Å². The van der Waals surface area contributed by atoms with Gasteiger partial charge in [-0.2, -0.15) is 4.31 Å². The predicted octanol–water partition coefficient (Wildman–Crippen LogP) is 3.30. The second-order valence-electron chi connectivity index (χ2n) is 7.80. The topological polar surface area (TPSA) is 66.9 Å². The Bertz CT molecular complexity index is 994. The van der Waals surface area contributed by atoms with Crippen LogP contribution in [0.25, 0.3) is 0 Å². The van der Waals surface area contributed by atoms with E-state index in [-0.39, 0.29) is 23.9 Å². The molecule has 0 aromatic heterocycles. The fourth-order valence-corrected chi connectivity index (χ4v) is 4.89. The van der Waals surface area contributed by atoms with Crippen LogP contribution in [-0.2, 0) is 14.8 Å². The van der Waals surface area contributed by atoms with E-state index in [0.29, 0.717) is 25.3 Å². The van der Waals surface area contributed by atoms with Crippen LogP contribution in [0.3, 0.4) is 0 Å². The lowest BCUT2D eigenvalue weighted by atomic mass is 10.1. The first kappa shape index (κ1) is 22.3. The van der Waals surface area contributed by atoms with E-state index >= 15 is 0 Å². The first-order valence-electron chi connectivity index (χ1n) is 10.3. The van der Waals surface area contributed by atoms with E-state index in [4.69, 9.17) is 4.74 Å². The van der Waals surface area contributed by atoms with Crippen molar-refractivity contribution >= 4 is 15.9 Å². The van der Waals surface area contributed by atoms with Crippen LogP contribution in [0.5, 0.6) is 5.75 Å².